The maximum Gasteiger partial charge on any atom is 0.245 e. The highest BCUT2D eigenvalue weighted by Gasteiger charge is 2.21. The molecule has 0 fully saturated rings. The molecule has 2 aromatic rings. The van der Waals surface area contributed by atoms with Crippen molar-refractivity contribution in [1.29, 1.82) is 0 Å². The van der Waals surface area contributed by atoms with Crippen molar-refractivity contribution in [2.75, 3.05) is 22.4 Å². The van der Waals surface area contributed by atoms with Gasteiger partial charge in [-0.05, 0) is 49.6 Å². The SMILES string of the molecule is CC(C)Oc1cccc(NC(=O)CN(c2ccc(C(C)C)cc2)S(C)(=O)=O)c1. The quantitative estimate of drug-likeness (QED) is 0.721. The van der Waals surface area contributed by atoms with Crippen molar-refractivity contribution in [3.8, 4) is 5.75 Å². The summed E-state index contributed by atoms with van der Waals surface area (Å²) in [5.41, 5.74) is 2.11. The van der Waals surface area contributed by atoms with E-state index in [1.165, 1.54) is 0 Å². The van der Waals surface area contributed by atoms with Crippen LogP contribution in [0.25, 0.3) is 0 Å². The number of benzene rings is 2. The van der Waals surface area contributed by atoms with Crippen molar-refractivity contribution in [3.05, 3.63) is 54.1 Å². The average Bonchev–Trinajstić information content (AvgIpc) is 2.58. The van der Waals surface area contributed by atoms with Crippen LogP contribution < -0.4 is 14.4 Å². The molecule has 28 heavy (non-hydrogen) atoms. The molecule has 0 radical (unpaired) electrons. The van der Waals surface area contributed by atoms with Gasteiger partial charge in [-0.15, -0.1) is 0 Å². The fourth-order valence-electron chi connectivity index (χ4n) is 2.68. The molecule has 0 atom stereocenters. The number of carbonyl (C=O) groups is 1. The Morgan fingerprint density at radius 1 is 1.07 bits per heavy atom. The highest BCUT2D eigenvalue weighted by molar-refractivity contribution is 7.92. The number of ether oxygens (including phenoxy) is 1. The molecule has 7 heteroatoms. The Hall–Kier alpha value is -2.54. The standard InChI is InChI=1S/C21H28N2O4S/c1-15(2)17-9-11-19(12-10-17)23(28(5,25)26)14-21(24)22-18-7-6-8-20(13-18)27-16(3)4/h6-13,15-16H,14H2,1-5H3,(H,22,24). The van der Waals surface area contributed by atoms with E-state index in [0.29, 0.717) is 23.0 Å². The Labute approximate surface area is 167 Å². The highest BCUT2D eigenvalue weighted by Crippen LogP contribution is 2.23. The van der Waals surface area contributed by atoms with E-state index >= 15 is 0 Å². The molecule has 0 heterocycles. The summed E-state index contributed by atoms with van der Waals surface area (Å²) in [5, 5.41) is 2.73. The van der Waals surface area contributed by atoms with Crippen molar-refractivity contribution in [2.24, 2.45) is 0 Å². The minimum absolute atomic E-state index is 0.0143. The highest BCUT2D eigenvalue weighted by atomic mass is 32.2. The third kappa shape index (κ3) is 6.27. The zero-order valence-electron chi connectivity index (χ0n) is 17.0. The van der Waals surface area contributed by atoms with Gasteiger partial charge >= 0.3 is 0 Å². The van der Waals surface area contributed by atoms with Gasteiger partial charge in [-0.1, -0.05) is 32.0 Å². The van der Waals surface area contributed by atoms with Crippen LogP contribution in [-0.2, 0) is 14.8 Å². The molecule has 0 aromatic heterocycles. The minimum atomic E-state index is -3.61. The van der Waals surface area contributed by atoms with Crippen LogP contribution in [0.3, 0.4) is 0 Å². The molecule has 0 saturated heterocycles. The van der Waals surface area contributed by atoms with Crippen LogP contribution in [0.4, 0.5) is 11.4 Å². The van der Waals surface area contributed by atoms with E-state index in [9.17, 15) is 13.2 Å². The van der Waals surface area contributed by atoms with Crippen LogP contribution in [0.15, 0.2) is 48.5 Å². The second kappa shape index (κ2) is 9.10. The fourth-order valence-corrected chi connectivity index (χ4v) is 3.53. The molecule has 6 nitrogen and oxygen atoms in total. The summed E-state index contributed by atoms with van der Waals surface area (Å²) in [6, 6.07) is 14.2. The van der Waals surface area contributed by atoms with Crippen molar-refractivity contribution < 1.29 is 17.9 Å². The first-order chi connectivity index (χ1) is 13.1. The topological polar surface area (TPSA) is 75.7 Å². The minimum Gasteiger partial charge on any atom is -0.491 e. The fraction of sp³-hybridized carbons (Fsp3) is 0.381. The van der Waals surface area contributed by atoms with Crippen molar-refractivity contribution >= 4 is 27.3 Å². The molecule has 2 rings (SSSR count). The van der Waals surface area contributed by atoms with Crippen molar-refractivity contribution in [1.82, 2.24) is 0 Å². The Bertz CT molecular complexity index is 906. The number of rotatable bonds is 8. The third-order valence-electron chi connectivity index (χ3n) is 4.02. The number of hydrogen-bond donors (Lipinski definition) is 1. The van der Waals surface area contributed by atoms with E-state index < -0.39 is 15.9 Å². The van der Waals surface area contributed by atoms with Gasteiger partial charge in [0.1, 0.15) is 12.3 Å². The molecular formula is C21H28N2O4S. The first kappa shape index (κ1) is 21.8. The van der Waals surface area contributed by atoms with Gasteiger partial charge in [0.25, 0.3) is 0 Å². The van der Waals surface area contributed by atoms with E-state index in [4.69, 9.17) is 4.74 Å². The van der Waals surface area contributed by atoms with Gasteiger partial charge in [0.15, 0.2) is 0 Å². The molecule has 0 spiro atoms. The van der Waals surface area contributed by atoms with Gasteiger partial charge in [0.2, 0.25) is 15.9 Å². The predicted molar refractivity (Wildman–Crippen MR) is 114 cm³/mol. The number of nitrogens with one attached hydrogen (secondary N) is 1. The summed E-state index contributed by atoms with van der Waals surface area (Å²) in [6.45, 7) is 7.65. The lowest BCUT2D eigenvalue weighted by Crippen LogP contribution is -2.37. The zero-order valence-corrected chi connectivity index (χ0v) is 17.8. The Kier molecular flexibility index (Phi) is 7.07. The van der Waals surface area contributed by atoms with Crippen LogP contribution in [-0.4, -0.2) is 33.2 Å². The Morgan fingerprint density at radius 2 is 1.71 bits per heavy atom. The maximum absolute atomic E-state index is 12.5. The summed E-state index contributed by atoms with van der Waals surface area (Å²) in [4.78, 5) is 12.5. The van der Waals surface area contributed by atoms with Crippen LogP contribution in [0.5, 0.6) is 5.75 Å². The third-order valence-corrected chi connectivity index (χ3v) is 5.17. The molecule has 0 aliphatic rings. The number of anilines is 2. The van der Waals surface area contributed by atoms with E-state index in [2.05, 4.69) is 19.2 Å². The summed E-state index contributed by atoms with van der Waals surface area (Å²) in [5.74, 6) is 0.543. The second-order valence-corrected chi connectivity index (χ2v) is 9.17. The number of nitrogens with zero attached hydrogens (tertiary/aromatic N) is 1. The largest absolute Gasteiger partial charge is 0.491 e. The lowest BCUT2D eigenvalue weighted by molar-refractivity contribution is -0.114. The van der Waals surface area contributed by atoms with Gasteiger partial charge in [0.05, 0.1) is 18.0 Å². The molecule has 0 bridgehead atoms. The number of sulfonamides is 1. The molecule has 0 saturated carbocycles. The average molecular weight is 405 g/mol. The van der Waals surface area contributed by atoms with E-state index in [1.807, 2.05) is 26.0 Å². The van der Waals surface area contributed by atoms with Crippen LogP contribution >= 0.6 is 0 Å². The number of carbonyl (C=O) groups excluding carboxylic acids is 1. The summed E-state index contributed by atoms with van der Waals surface area (Å²) < 4.78 is 31.2. The molecule has 152 valence electrons. The zero-order chi connectivity index (χ0) is 20.9. The Balaban J connectivity index is 2.16. The van der Waals surface area contributed by atoms with E-state index in [1.54, 1.807) is 36.4 Å². The molecule has 1 N–H and O–H groups in total. The Morgan fingerprint density at radius 3 is 2.25 bits per heavy atom. The van der Waals surface area contributed by atoms with Gasteiger partial charge in [-0.2, -0.15) is 0 Å². The van der Waals surface area contributed by atoms with Gasteiger partial charge in [-0.3, -0.25) is 9.10 Å². The van der Waals surface area contributed by atoms with Crippen molar-refractivity contribution in [2.45, 2.75) is 39.7 Å². The monoisotopic (exact) mass is 404 g/mol. The van der Waals surface area contributed by atoms with E-state index in [0.717, 1.165) is 16.1 Å². The molecule has 0 aliphatic heterocycles. The molecule has 2 aromatic carbocycles. The van der Waals surface area contributed by atoms with Gasteiger partial charge in [0, 0.05) is 11.8 Å². The molecule has 1 amide bonds. The first-order valence-electron chi connectivity index (χ1n) is 9.20. The molecular weight excluding hydrogens is 376 g/mol. The lowest BCUT2D eigenvalue weighted by atomic mass is 10.0. The van der Waals surface area contributed by atoms with Crippen LogP contribution in [0.2, 0.25) is 0 Å². The molecule has 0 unspecified atom stereocenters. The normalized spacial score (nSPS) is 11.5. The van der Waals surface area contributed by atoms with Crippen LogP contribution in [0, 0.1) is 0 Å². The second-order valence-electron chi connectivity index (χ2n) is 7.26. The summed E-state index contributed by atoms with van der Waals surface area (Å²) in [6.07, 6.45) is 1.11. The smallest absolute Gasteiger partial charge is 0.245 e. The predicted octanol–water partition coefficient (Wildman–Crippen LogP) is 4.00. The van der Waals surface area contributed by atoms with Gasteiger partial charge < -0.3 is 10.1 Å². The van der Waals surface area contributed by atoms with Gasteiger partial charge in [-0.25, -0.2) is 8.42 Å². The van der Waals surface area contributed by atoms with Crippen molar-refractivity contribution in [3.63, 3.8) is 0 Å². The lowest BCUT2D eigenvalue weighted by Gasteiger charge is -2.22. The maximum atomic E-state index is 12.5. The number of amides is 1. The number of hydrogen-bond acceptors (Lipinski definition) is 4. The van der Waals surface area contributed by atoms with Crippen LogP contribution in [0.1, 0.15) is 39.2 Å². The van der Waals surface area contributed by atoms with E-state index in [-0.39, 0.29) is 12.6 Å². The molecule has 0 aliphatic carbocycles. The first-order valence-corrected chi connectivity index (χ1v) is 11.1. The summed E-state index contributed by atoms with van der Waals surface area (Å²) in [7, 11) is -3.61. The summed E-state index contributed by atoms with van der Waals surface area (Å²) >= 11 is 0.